The largest absolute Gasteiger partial charge is 0.478 e. The van der Waals surface area contributed by atoms with Crippen LogP contribution in [-0.4, -0.2) is 40.7 Å². The number of hydrogen-bond donors (Lipinski definition) is 1. The molecule has 3 rings (SSSR count). The van der Waals surface area contributed by atoms with Crippen molar-refractivity contribution >= 4 is 5.91 Å². The van der Waals surface area contributed by atoms with Crippen LogP contribution in [-0.2, 0) is 4.79 Å². The van der Waals surface area contributed by atoms with E-state index in [1.165, 1.54) is 12.1 Å². The van der Waals surface area contributed by atoms with Gasteiger partial charge in [0.15, 0.2) is 17.7 Å². The van der Waals surface area contributed by atoms with E-state index in [1.807, 2.05) is 0 Å². The van der Waals surface area contributed by atoms with Gasteiger partial charge >= 0.3 is 0 Å². The summed E-state index contributed by atoms with van der Waals surface area (Å²) in [7, 11) is 0. The van der Waals surface area contributed by atoms with Crippen LogP contribution in [0, 0.1) is 11.7 Å². The maximum Gasteiger partial charge on any atom is 0.263 e. The number of β-amino-alcohol motifs (C(OH)–C–C–N with tert-alkyl or cyclic N) is 1. The monoisotopic (exact) mass is 279 g/mol. The number of likely N-dealkylation sites (tertiary alicyclic amines) is 1. The summed E-state index contributed by atoms with van der Waals surface area (Å²) in [5.41, 5.74) is -0.701. The third-order valence-electron chi connectivity index (χ3n) is 4.07. The normalized spacial score (nSPS) is 22.1. The molecule has 2 fully saturated rings. The van der Waals surface area contributed by atoms with Crippen LogP contribution in [0.2, 0.25) is 0 Å². The van der Waals surface area contributed by atoms with Gasteiger partial charge in [0, 0.05) is 0 Å². The zero-order valence-electron chi connectivity index (χ0n) is 11.4. The second-order valence-electron chi connectivity index (χ2n) is 5.76. The molecule has 20 heavy (non-hydrogen) atoms. The Balaban J connectivity index is 1.57. The van der Waals surface area contributed by atoms with Crippen LogP contribution in [0.5, 0.6) is 5.75 Å². The number of nitrogens with zero attached hydrogens (tertiary/aromatic N) is 1. The second kappa shape index (κ2) is 4.74. The lowest BCUT2D eigenvalue weighted by Gasteiger charge is -2.47. The van der Waals surface area contributed by atoms with Crippen LogP contribution >= 0.6 is 0 Å². The lowest BCUT2D eigenvalue weighted by atomic mass is 9.88. The molecule has 1 unspecified atom stereocenters. The molecule has 5 heteroatoms. The first-order chi connectivity index (χ1) is 9.49. The van der Waals surface area contributed by atoms with E-state index in [4.69, 9.17) is 4.74 Å². The molecule has 0 aromatic heterocycles. The van der Waals surface area contributed by atoms with Crippen LogP contribution < -0.4 is 4.74 Å². The number of hydrogen-bond acceptors (Lipinski definition) is 3. The molecule has 0 radical (unpaired) electrons. The fraction of sp³-hybridized carbons (Fsp3) is 0.533. The van der Waals surface area contributed by atoms with Crippen molar-refractivity contribution < 1.29 is 19.0 Å². The maximum atomic E-state index is 13.5. The number of carbonyl (C=O) groups is 1. The number of benzene rings is 1. The molecule has 2 aliphatic rings. The number of halogens is 1. The minimum absolute atomic E-state index is 0.0753. The molecule has 0 spiro atoms. The van der Waals surface area contributed by atoms with Gasteiger partial charge in [-0.3, -0.25) is 4.79 Å². The van der Waals surface area contributed by atoms with E-state index in [0.717, 1.165) is 12.8 Å². The zero-order chi connectivity index (χ0) is 14.3. The number of para-hydroxylation sites is 1. The molecule has 1 amide bonds. The number of rotatable bonds is 4. The van der Waals surface area contributed by atoms with Crippen molar-refractivity contribution in [3.05, 3.63) is 30.1 Å². The Morgan fingerprint density at radius 2 is 2.10 bits per heavy atom. The van der Waals surface area contributed by atoms with E-state index in [0.29, 0.717) is 19.0 Å². The topological polar surface area (TPSA) is 49.8 Å². The third kappa shape index (κ3) is 2.38. The Labute approximate surface area is 117 Å². The summed E-state index contributed by atoms with van der Waals surface area (Å²) in [6.07, 6.45) is 1.33. The van der Waals surface area contributed by atoms with E-state index in [-0.39, 0.29) is 11.7 Å². The van der Waals surface area contributed by atoms with Crippen LogP contribution in [0.4, 0.5) is 4.39 Å². The SMILES string of the molecule is CC(Oc1ccccc1F)C(=O)N1CC(O)(C2CC2)C1. The highest BCUT2D eigenvalue weighted by Gasteiger charge is 2.53. The minimum Gasteiger partial charge on any atom is -0.478 e. The molecule has 1 heterocycles. The highest BCUT2D eigenvalue weighted by atomic mass is 19.1. The van der Waals surface area contributed by atoms with E-state index >= 15 is 0 Å². The average Bonchev–Trinajstić information content (AvgIpc) is 3.21. The van der Waals surface area contributed by atoms with Crippen LogP contribution in [0.1, 0.15) is 19.8 Å². The molecule has 1 aliphatic heterocycles. The summed E-state index contributed by atoms with van der Waals surface area (Å²) in [6.45, 7) is 2.33. The van der Waals surface area contributed by atoms with Gasteiger partial charge in [-0.25, -0.2) is 4.39 Å². The second-order valence-corrected chi connectivity index (χ2v) is 5.76. The van der Waals surface area contributed by atoms with Crippen molar-refractivity contribution in [1.82, 2.24) is 4.90 Å². The van der Waals surface area contributed by atoms with E-state index < -0.39 is 17.5 Å². The first-order valence-electron chi connectivity index (χ1n) is 6.92. The molecule has 1 aromatic rings. The number of carbonyl (C=O) groups excluding carboxylic acids is 1. The molecule has 0 bridgehead atoms. The standard InChI is InChI=1S/C15H18FNO3/c1-10(20-13-5-3-2-4-12(13)16)14(18)17-8-15(19,9-17)11-6-7-11/h2-5,10-11,19H,6-9H2,1H3. The van der Waals surface area contributed by atoms with Gasteiger partial charge in [-0.2, -0.15) is 0 Å². The highest BCUT2D eigenvalue weighted by molar-refractivity contribution is 5.82. The van der Waals surface area contributed by atoms with Crippen molar-refractivity contribution in [1.29, 1.82) is 0 Å². The smallest absolute Gasteiger partial charge is 0.263 e. The zero-order valence-corrected chi connectivity index (χ0v) is 11.4. The molecule has 1 saturated carbocycles. The predicted molar refractivity (Wildman–Crippen MR) is 70.7 cm³/mol. The molecule has 1 saturated heterocycles. The molecular formula is C15H18FNO3. The lowest BCUT2D eigenvalue weighted by Crippen LogP contribution is -2.66. The van der Waals surface area contributed by atoms with Crippen molar-refractivity contribution in [3.63, 3.8) is 0 Å². The molecule has 1 aromatic carbocycles. The van der Waals surface area contributed by atoms with Crippen molar-refractivity contribution in [2.24, 2.45) is 5.92 Å². The molecule has 108 valence electrons. The van der Waals surface area contributed by atoms with Gasteiger partial charge < -0.3 is 14.7 Å². The van der Waals surface area contributed by atoms with E-state index in [1.54, 1.807) is 24.0 Å². The first kappa shape index (κ1) is 13.4. The highest BCUT2D eigenvalue weighted by Crippen LogP contribution is 2.44. The van der Waals surface area contributed by atoms with Crippen molar-refractivity contribution in [2.45, 2.75) is 31.5 Å². The van der Waals surface area contributed by atoms with Crippen LogP contribution in [0.15, 0.2) is 24.3 Å². The van der Waals surface area contributed by atoms with Gasteiger partial charge in [0.2, 0.25) is 0 Å². The van der Waals surface area contributed by atoms with E-state index in [9.17, 15) is 14.3 Å². The first-order valence-corrected chi connectivity index (χ1v) is 6.92. The lowest BCUT2D eigenvalue weighted by molar-refractivity contribution is -0.165. The fourth-order valence-electron chi connectivity index (χ4n) is 2.69. The quantitative estimate of drug-likeness (QED) is 0.910. The van der Waals surface area contributed by atoms with Gasteiger partial charge in [-0.05, 0) is 37.8 Å². The number of amides is 1. The Hall–Kier alpha value is -1.62. The molecular weight excluding hydrogens is 261 g/mol. The predicted octanol–water partition coefficient (Wildman–Crippen LogP) is 1.58. The summed E-state index contributed by atoms with van der Waals surface area (Å²) < 4.78 is 18.8. The van der Waals surface area contributed by atoms with Gasteiger partial charge in [-0.15, -0.1) is 0 Å². The number of aliphatic hydroxyl groups is 1. The van der Waals surface area contributed by atoms with Gasteiger partial charge in [-0.1, -0.05) is 12.1 Å². The minimum atomic E-state index is -0.754. The van der Waals surface area contributed by atoms with Crippen molar-refractivity contribution in [2.75, 3.05) is 13.1 Å². The Kier molecular flexibility index (Phi) is 3.17. The third-order valence-corrected chi connectivity index (χ3v) is 4.07. The molecule has 4 nitrogen and oxygen atoms in total. The summed E-state index contributed by atoms with van der Waals surface area (Å²) in [6, 6.07) is 6.02. The molecule has 1 aliphatic carbocycles. The van der Waals surface area contributed by atoms with Gasteiger partial charge in [0.25, 0.3) is 5.91 Å². The Morgan fingerprint density at radius 1 is 1.45 bits per heavy atom. The fourth-order valence-corrected chi connectivity index (χ4v) is 2.69. The average molecular weight is 279 g/mol. The van der Waals surface area contributed by atoms with Gasteiger partial charge in [0.1, 0.15) is 5.60 Å². The van der Waals surface area contributed by atoms with Crippen LogP contribution in [0.25, 0.3) is 0 Å². The van der Waals surface area contributed by atoms with Gasteiger partial charge in [0.05, 0.1) is 13.1 Å². The van der Waals surface area contributed by atoms with E-state index in [2.05, 4.69) is 0 Å². The summed E-state index contributed by atoms with van der Waals surface area (Å²) in [5, 5.41) is 10.2. The number of ether oxygens (including phenoxy) is 1. The molecule has 1 atom stereocenters. The summed E-state index contributed by atoms with van der Waals surface area (Å²) >= 11 is 0. The van der Waals surface area contributed by atoms with Crippen molar-refractivity contribution in [3.8, 4) is 5.75 Å². The molecule has 1 N–H and O–H groups in total. The Bertz CT molecular complexity index is 524. The summed E-state index contributed by atoms with van der Waals surface area (Å²) in [4.78, 5) is 13.7. The van der Waals surface area contributed by atoms with Crippen LogP contribution in [0.3, 0.4) is 0 Å². The summed E-state index contributed by atoms with van der Waals surface area (Å²) in [5.74, 6) is -0.274. The maximum absolute atomic E-state index is 13.5. The Morgan fingerprint density at radius 3 is 2.70 bits per heavy atom.